The Balaban J connectivity index is 0.00000225. The average Bonchev–Trinajstić information content (AvgIpc) is 3.27. The largest absolute Gasteiger partial charge is 0.336 e. The minimum Gasteiger partial charge on any atom is -0.336 e. The van der Waals surface area contributed by atoms with Crippen LogP contribution in [-0.4, -0.2) is 52.4 Å². The predicted molar refractivity (Wildman–Crippen MR) is 110 cm³/mol. The van der Waals surface area contributed by atoms with Crippen LogP contribution in [0.4, 0.5) is 5.69 Å². The number of imidazole rings is 1. The number of aryl methyl sites for hydroxylation is 1. The fourth-order valence-corrected chi connectivity index (χ4v) is 4.09. The quantitative estimate of drug-likeness (QED) is 0.766. The third kappa shape index (κ3) is 3.74. The van der Waals surface area contributed by atoms with Crippen LogP contribution in [-0.2, 0) is 16.6 Å². The van der Waals surface area contributed by atoms with E-state index >= 15 is 0 Å². The summed E-state index contributed by atoms with van der Waals surface area (Å²) >= 11 is 6.05. The van der Waals surface area contributed by atoms with E-state index in [2.05, 4.69) is 10.3 Å². The number of nitrogens with zero attached hydrogens (tertiary/aromatic N) is 4. The third-order valence-electron chi connectivity index (χ3n) is 5.31. The van der Waals surface area contributed by atoms with Gasteiger partial charge in [-0.3, -0.25) is 9.59 Å². The summed E-state index contributed by atoms with van der Waals surface area (Å²) < 4.78 is 1.92. The summed E-state index contributed by atoms with van der Waals surface area (Å²) in [7, 11) is 1.92. The van der Waals surface area contributed by atoms with E-state index in [0.29, 0.717) is 37.6 Å². The second-order valence-electron chi connectivity index (χ2n) is 6.96. The van der Waals surface area contributed by atoms with Crippen molar-refractivity contribution in [2.24, 2.45) is 13.0 Å². The molecule has 2 fully saturated rings. The molecule has 1 N–H and O–H groups in total. The first-order chi connectivity index (χ1) is 13.1. The van der Waals surface area contributed by atoms with Gasteiger partial charge in [0, 0.05) is 56.3 Å². The van der Waals surface area contributed by atoms with Crippen molar-refractivity contribution in [1.29, 1.82) is 0 Å². The van der Waals surface area contributed by atoms with Gasteiger partial charge >= 0.3 is 0 Å². The summed E-state index contributed by atoms with van der Waals surface area (Å²) in [6.45, 7) is 2.44. The van der Waals surface area contributed by atoms with E-state index in [1.807, 2.05) is 34.8 Å². The average molecular weight is 424 g/mol. The number of carbonyl (C=O) groups excluding carboxylic acids is 2. The number of rotatable bonds is 3. The van der Waals surface area contributed by atoms with Crippen molar-refractivity contribution < 1.29 is 9.59 Å². The molecule has 2 unspecified atom stereocenters. The van der Waals surface area contributed by atoms with E-state index in [0.717, 1.165) is 11.5 Å². The van der Waals surface area contributed by atoms with Crippen LogP contribution >= 0.6 is 24.0 Å². The number of hydrogen-bond acceptors (Lipinski definition) is 4. The Hall–Kier alpha value is -2.09. The smallest absolute Gasteiger partial charge is 0.239 e. The molecule has 150 valence electrons. The van der Waals surface area contributed by atoms with Crippen LogP contribution in [0.2, 0.25) is 5.02 Å². The van der Waals surface area contributed by atoms with E-state index in [1.165, 1.54) is 0 Å². The van der Waals surface area contributed by atoms with Crippen LogP contribution in [0.15, 0.2) is 36.7 Å². The Morgan fingerprint density at radius 1 is 1.32 bits per heavy atom. The summed E-state index contributed by atoms with van der Waals surface area (Å²) in [5, 5.41) is 3.90. The first-order valence-corrected chi connectivity index (χ1v) is 9.49. The number of carbonyl (C=O) groups is 2. The van der Waals surface area contributed by atoms with Crippen molar-refractivity contribution in [1.82, 2.24) is 19.8 Å². The van der Waals surface area contributed by atoms with Crippen molar-refractivity contribution in [3.63, 3.8) is 0 Å². The first kappa shape index (κ1) is 20.6. The molecular weight excluding hydrogens is 401 g/mol. The molecule has 2 aliphatic heterocycles. The van der Waals surface area contributed by atoms with E-state index < -0.39 is 5.92 Å². The highest BCUT2D eigenvalue weighted by molar-refractivity contribution is 6.31. The highest BCUT2D eigenvalue weighted by Crippen LogP contribution is 2.30. The lowest BCUT2D eigenvalue weighted by Gasteiger charge is -2.37. The Labute approximate surface area is 175 Å². The van der Waals surface area contributed by atoms with Gasteiger partial charge in [-0.25, -0.2) is 4.98 Å². The first-order valence-electron chi connectivity index (χ1n) is 9.11. The van der Waals surface area contributed by atoms with Gasteiger partial charge in [-0.1, -0.05) is 17.7 Å². The summed E-state index contributed by atoms with van der Waals surface area (Å²) in [6, 6.07) is 7.02. The Morgan fingerprint density at radius 2 is 2.14 bits per heavy atom. The van der Waals surface area contributed by atoms with Crippen molar-refractivity contribution in [2.45, 2.75) is 12.5 Å². The zero-order chi connectivity index (χ0) is 19.0. The van der Waals surface area contributed by atoms with Gasteiger partial charge in [0.05, 0.1) is 0 Å². The van der Waals surface area contributed by atoms with Gasteiger partial charge in [-0.05, 0) is 24.6 Å². The van der Waals surface area contributed by atoms with Gasteiger partial charge in [0.15, 0.2) is 0 Å². The molecule has 2 aromatic rings. The van der Waals surface area contributed by atoms with Gasteiger partial charge in [-0.15, -0.1) is 12.4 Å². The van der Waals surface area contributed by atoms with Crippen molar-refractivity contribution in [2.75, 3.05) is 31.1 Å². The summed E-state index contributed by atoms with van der Waals surface area (Å²) in [6.07, 6.45) is 4.11. The lowest BCUT2D eigenvalue weighted by Crippen LogP contribution is -2.52. The topological polar surface area (TPSA) is 70.5 Å². The summed E-state index contributed by atoms with van der Waals surface area (Å²) in [5.74, 6) is -0.0871. The third-order valence-corrected chi connectivity index (χ3v) is 5.54. The van der Waals surface area contributed by atoms with Gasteiger partial charge in [0.25, 0.3) is 0 Å². The predicted octanol–water partition coefficient (Wildman–Crippen LogP) is 2.02. The van der Waals surface area contributed by atoms with Crippen molar-refractivity contribution in [3.8, 4) is 0 Å². The Bertz CT molecular complexity index is 872. The number of anilines is 1. The highest BCUT2D eigenvalue weighted by atomic mass is 35.5. The molecule has 1 aromatic heterocycles. The fourth-order valence-electron chi connectivity index (χ4n) is 3.91. The number of nitrogens with one attached hydrogen (secondary N) is 1. The monoisotopic (exact) mass is 423 g/mol. The number of aromatic nitrogens is 2. The highest BCUT2D eigenvalue weighted by Gasteiger charge is 2.42. The standard InChI is InChI=1S/C19H22ClN5O2.ClH/c1-23-9-7-22-17(23)16-12-21-6-10-25(16)19(27)15-5-8-24(18(15)26)14-4-2-3-13(20)11-14;/h2-4,7,9,11,15-16,21H,5-6,8,10,12H2,1H3;1H. The molecule has 1 aromatic carbocycles. The van der Waals surface area contributed by atoms with E-state index in [1.54, 1.807) is 23.2 Å². The minimum atomic E-state index is -0.648. The van der Waals surface area contributed by atoms with Crippen LogP contribution in [0.3, 0.4) is 0 Å². The summed E-state index contributed by atoms with van der Waals surface area (Å²) in [5.41, 5.74) is 0.740. The molecule has 0 aliphatic carbocycles. The number of halogens is 2. The molecule has 0 radical (unpaired) electrons. The normalized spacial score (nSPS) is 22.3. The zero-order valence-corrected chi connectivity index (χ0v) is 17.1. The van der Waals surface area contributed by atoms with Gasteiger partial charge in [-0.2, -0.15) is 0 Å². The molecule has 2 saturated heterocycles. The molecule has 28 heavy (non-hydrogen) atoms. The van der Waals surface area contributed by atoms with Gasteiger partial charge in [0.2, 0.25) is 11.8 Å². The molecule has 0 spiro atoms. The lowest BCUT2D eigenvalue weighted by molar-refractivity contribution is -0.142. The van der Waals surface area contributed by atoms with Crippen LogP contribution in [0, 0.1) is 5.92 Å². The van der Waals surface area contributed by atoms with Gasteiger partial charge in [0.1, 0.15) is 17.8 Å². The maximum Gasteiger partial charge on any atom is 0.239 e. The zero-order valence-electron chi connectivity index (χ0n) is 15.5. The molecule has 2 atom stereocenters. The lowest BCUT2D eigenvalue weighted by atomic mass is 10.0. The van der Waals surface area contributed by atoms with Crippen molar-refractivity contribution >= 4 is 41.5 Å². The Morgan fingerprint density at radius 3 is 2.86 bits per heavy atom. The van der Waals surface area contributed by atoms with E-state index in [9.17, 15) is 9.59 Å². The number of amides is 2. The molecule has 7 nitrogen and oxygen atoms in total. The molecule has 9 heteroatoms. The molecule has 4 rings (SSSR count). The molecule has 0 saturated carbocycles. The second-order valence-corrected chi connectivity index (χ2v) is 7.40. The van der Waals surface area contributed by atoms with Crippen LogP contribution in [0.1, 0.15) is 18.3 Å². The van der Waals surface area contributed by atoms with Gasteiger partial charge < -0.3 is 19.7 Å². The Kier molecular flexibility index (Phi) is 6.27. The summed E-state index contributed by atoms with van der Waals surface area (Å²) in [4.78, 5) is 34.1. The maximum atomic E-state index is 13.3. The van der Waals surface area contributed by atoms with Crippen molar-refractivity contribution in [3.05, 3.63) is 47.5 Å². The van der Waals surface area contributed by atoms with Crippen LogP contribution in [0.25, 0.3) is 0 Å². The number of benzene rings is 1. The van der Waals surface area contributed by atoms with Crippen LogP contribution < -0.4 is 10.2 Å². The van der Waals surface area contributed by atoms with Crippen LogP contribution in [0.5, 0.6) is 0 Å². The molecule has 2 amide bonds. The maximum absolute atomic E-state index is 13.3. The number of hydrogen-bond donors (Lipinski definition) is 1. The molecule has 3 heterocycles. The molecule has 2 aliphatic rings. The van der Waals surface area contributed by atoms with E-state index in [4.69, 9.17) is 11.6 Å². The second kappa shape index (κ2) is 8.51. The number of piperazine rings is 1. The SMILES string of the molecule is Cl.Cn1ccnc1C1CNCCN1C(=O)C1CCN(c2cccc(Cl)c2)C1=O. The fraction of sp³-hybridized carbons (Fsp3) is 0.421. The molecule has 0 bridgehead atoms. The minimum absolute atomic E-state index is 0. The van der Waals surface area contributed by atoms with E-state index in [-0.39, 0.29) is 30.3 Å². The molecular formula is C19H23Cl2N5O2.